The molecule has 0 radical (unpaired) electrons. The number of aliphatic hydroxyl groups is 1. The molecule has 1 aliphatic heterocycles. The lowest BCUT2D eigenvalue weighted by Gasteiger charge is -2.27. The number of nitrogens with two attached hydrogens (primary N) is 1. The lowest BCUT2D eigenvalue weighted by molar-refractivity contribution is -0.0352. The summed E-state index contributed by atoms with van der Waals surface area (Å²) in [4.78, 5) is 17.1. The van der Waals surface area contributed by atoms with E-state index in [2.05, 4.69) is 15.3 Å². The third-order valence-corrected chi connectivity index (χ3v) is 5.83. The van der Waals surface area contributed by atoms with Crippen molar-refractivity contribution >= 4 is 22.8 Å². The van der Waals surface area contributed by atoms with Gasteiger partial charge in [0.25, 0.3) is 5.56 Å². The summed E-state index contributed by atoms with van der Waals surface area (Å²) in [5.74, 6) is 0. The molecular formula is C24H27N5O3. The van der Waals surface area contributed by atoms with Crippen molar-refractivity contribution in [2.24, 2.45) is 10.7 Å². The third kappa shape index (κ3) is 4.46. The SMILES string of the molecule is CN=CC=C(N)c1ccc(Cc2cc3c(=O)n([C@H]4COCC[C@@H]4O)nnc3cc2C)cc1. The standard InChI is InChI=1S/C24H27N5O3/c1-15-11-21-19(24(31)29(28-27-21)22-14-32-10-8-23(22)30)13-18(15)12-16-3-5-17(6-4-16)20(25)7-9-26-2/h3-7,9,11,13,22-23,30H,8,10,12,14,25H2,1-2H3/t22-,23-/m0/s1. The van der Waals surface area contributed by atoms with Crippen molar-refractivity contribution in [1.29, 1.82) is 0 Å². The lowest BCUT2D eigenvalue weighted by atomic mass is 9.97. The molecule has 166 valence electrons. The van der Waals surface area contributed by atoms with Crippen molar-refractivity contribution < 1.29 is 9.84 Å². The Balaban J connectivity index is 1.65. The van der Waals surface area contributed by atoms with Crippen LogP contribution in [0.2, 0.25) is 0 Å². The van der Waals surface area contributed by atoms with E-state index in [0.29, 0.717) is 36.0 Å². The van der Waals surface area contributed by atoms with Gasteiger partial charge in [-0.25, -0.2) is 4.68 Å². The van der Waals surface area contributed by atoms with Crippen molar-refractivity contribution in [1.82, 2.24) is 15.0 Å². The molecule has 2 aromatic carbocycles. The molecule has 0 spiro atoms. The number of aryl methyl sites for hydroxylation is 1. The van der Waals surface area contributed by atoms with Crippen molar-refractivity contribution in [3.63, 3.8) is 0 Å². The normalized spacial score (nSPS) is 19.7. The fraction of sp³-hybridized carbons (Fsp3) is 0.333. The first-order chi connectivity index (χ1) is 15.5. The Labute approximate surface area is 186 Å². The molecule has 0 bridgehead atoms. The number of aromatic nitrogens is 3. The maximum Gasteiger partial charge on any atom is 0.278 e. The zero-order valence-electron chi connectivity index (χ0n) is 18.2. The maximum atomic E-state index is 13.2. The van der Waals surface area contributed by atoms with Crippen LogP contribution in [0.5, 0.6) is 0 Å². The molecule has 1 aliphatic rings. The van der Waals surface area contributed by atoms with Gasteiger partial charge in [0.1, 0.15) is 11.6 Å². The minimum atomic E-state index is -0.679. The van der Waals surface area contributed by atoms with Gasteiger partial charge in [-0.05, 0) is 60.2 Å². The topological polar surface area (TPSA) is 116 Å². The zero-order valence-corrected chi connectivity index (χ0v) is 18.2. The number of hydrogen-bond donors (Lipinski definition) is 2. The molecule has 1 fully saturated rings. The van der Waals surface area contributed by atoms with E-state index in [9.17, 15) is 9.90 Å². The van der Waals surface area contributed by atoms with Gasteiger partial charge in [0, 0.05) is 25.6 Å². The van der Waals surface area contributed by atoms with Crippen LogP contribution in [0, 0.1) is 6.92 Å². The summed E-state index contributed by atoms with van der Waals surface area (Å²) >= 11 is 0. The Kier molecular flexibility index (Phi) is 6.43. The number of rotatable bonds is 5. The van der Waals surface area contributed by atoms with E-state index in [4.69, 9.17) is 10.5 Å². The second kappa shape index (κ2) is 9.42. The fourth-order valence-electron chi connectivity index (χ4n) is 3.89. The molecule has 8 heteroatoms. The molecule has 0 amide bonds. The van der Waals surface area contributed by atoms with Crippen molar-refractivity contribution in [2.45, 2.75) is 31.9 Å². The molecule has 32 heavy (non-hydrogen) atoms. The molecule has 4 rings (SSSR count). The van der Waals surface area contributed by atoms with Crippen LogP contribution < -0.4 is 11.3 Å². The summed E-state index contributed by atoms with van der Waals surface area (Å²) < 4.78 is 6.70. The first-order valence-corrected chi connectivity index (χ1v) is 10.6. The third-order valence-electron chi connectivity index (χ3n) is 5.83. The molecule has 8 nitrogen and oxygen atoms in total. The molecule has 1 saturated heterocycles. The minimum absolute atomic E-state index is 0.244. The molecule has 3 aromatic rings. The van der Waals surface area contributed by atoms with Crippen LogP contribution in [0.1, 0.15) is 34.7 Å². The summed E-state index contributed by atoms with van der Waals surface area (Å²) in [6.45, 7) is 2.72. The Hall–Kier alpha value is -3.36. The first-order valence-electron chi connectivity index (χ1n) is 10.6. The Morgan fingerprint density at radius 1 is 1.34 bits per heavy atom. The second-order valence-electron chi connectivity index (χ2n) is 8.04. The number of ether oxygens (including phenoxy) is 1. The van der Waals surface area contributed by atoms with E-state index in [1.54, 1.807) is 19.3 Å². The van der Waals surface area contributed by atoms with E-state index in [-0.39, 0.29) is 12.2 Å². The molecule has 3 N–H and O–H groups in total. The highest BCUT2D eigenvalue weighted by molar-refractivity contribution is 5.83. The van der Waals surface area contributed by atoms with Crippen molar-refractivity contribution in [3.05, 3.63) is 75.1 Å². The van der Waals surface area contributed by atoms with Gasteiger partial charge in [-0.1, -0.05) is 29.5 Å². The Morgan fingerprint density at radius 3 is 2.84 bits per heavy atom. The van der Waals surface area contributed by atoms with Gasteiger partial charge in [0.15, 0.2) is 0 Å². The average Bonchev–Trinajstić information content (AvgIpc) is 2.80. The van der Waals surface area contributed by atoms with Crippen LogP contribution in [0.25, 0.3) is 16.6 Å². The number of aliphatic hydroxyl groups excluding tert-OH is 1. The molecule has 0 aliphatic carbocycles. The molecule has 2 heterocycles. The highest BCUT2D eigenvalue weighted by Gasteiger charge is 2.28. The predicted octanol–water partition coefficient (Wildman–Crippen LogP) is 2.01. The Morgan fingerprint density at radius 2 is 2.12 bits per heavy atom. The molecule has 1 aromatic heterocycles. The van der Waals surface area contributed by atoms with Crippen LogP contribution in [-0.4, -0.2) is 52.7 Å². The highest BCUT2D eigenvalue weighted by atomic mass is 16.5. The lowest BCUT2D eigenvalue weighted by Crippen LogP contribution is -2.41. The van der Waals surface area contributed by atoms with Gasteiger partial charge in [-0.2, -0.15) is 0 Å². The zero-order chi connectivity index (χ0) is 22.7. The quantitative estimate of drug-likeness (QED) is 0.595. The number of fused-ring (bicyclic) bond motifs is 1. The van der Waals surface area contributed by atoms with Crippen LogP contribution in [0.4, 0.5) is 0 Å². The van der Waals surface area contributed by atoms with E-state index < -0.39 is 12.1 Å². The maximum absolute atomic E-state index is 13.2. The molecular weight excluding hydrogens is 406 g/mol. The van der Waals surface area contributed by atoms with Gasteiger partial charge in [-0.15, -0.1) is 5.10 Å². The van der Waals surface area contributed by atoms with E-state index in [0.717, 1.165) is 22.3 Å². The number of hydrogen-bond acceptors (Lipinski definition) is 7. The number of aliphatic imine (C=N–C) groups is 1. The van der Waals surface area contributed by atoms with E-state index in [1.165, 1.54) is 4.68 Å². The minimum Gasteiger partial charge on any atom is -0.398 e. The largest absolute Gasteiger partial charge is 0.398 e. The van der Waals surface area contributed by atoms with Gasteiger partial charge in [-0.3, -0.25) is 9.79 Å². The van der Waals surface area contributed by atoms with E-state index >= 15 is 0 Å². The fourth-order valence-corrected chi connectivity index (χ4v) is 3.89. The molecule has 0 unspecified atom stereocenters. The van der Waals surface area contributed by atoms with Crippen molar-refractivity contribution in [2.75, 3.05) is 20.3 Å². The highest BCUT2D eigenvalue weighted by Crippen LogP contribution is 2.22. The van der Waals surface area contributed by atoms with Gasteiger partial charge in [0.2, 0.25) is 0 Å². The molecule has 2 atom stereocenters. The summed E-state index contributed by atoms with van der Waals surface area (Å²) in [6, 6.07) is 11.3. The van der Waals surface area contributed by atoms with Crippen LogP contribution in [0.3, 0.4) is 0 Å². The summed E-state index contributed by atoms with van der Waals surface area (Å²) in [5, 5.41) is 19.1. The summed E-state index contributed by atoms with van der Waals surface area (Å²) in [7, 11) is 1.70. The van der Waals surface area contributed by atoms with Crippen LogP contribution >= 0.6 is 0 Å². The van der Waals surface area contributed by atoms with Crippen LogP contribution in [-0.2, 0) is 11.2 Å². The van der Waals surface area contributed by atoms with E-state index in [1.807, 2.05) is 43.3 Å². The smallest absolute Gasteiger partial charge is 0.278 e. The summed E-state index contributed by atoms with van der Waals surface area (Å²) in [5.41, 5.74) is 11.1. The van der Waals surface area contributed by atoms with Gasteiger partial charge in [0.05, 0.1) is 18.1 Å². The monoisotopic (exact) mass is 433 g/mol. The molecule has 0 saturated carbocycles. The average molecular weight is 434 g/mol. The second-order valence-corrected chi connectivity index (χ2v) is 8.04. The van der Waals surface area contributed by atoms with Gasteiger partial charge >= 0.3 is 0 Å². The van der Waals surface area contributed by atoms with Gasteiger partial charge < -0.3 is 15.6 Å². The predicted molar refractivity (Wildman–Crippen MR) is 125 cm³/mol. The number of nitrogens with zero attached hydrogens (tertiary/aromatic N) is 4. The Bertz CT molecular complexity index is 1230. The first kappa shape index (κ1) is 21.9. The summed E-state index contributed by atoms with van der Waals surface area (Å²) in [6.07, 6.45) is 3.89. The number of benzene rings is 2. The van der Waals surface area contributed by atoms with Crippen LogP contribution in [0.15, 0.2) is 52.3 Å². The van der Waals surface area contributed by atoms with Crippen molar-refractivity contribution in [3.8, 4) is 0 Å². The number of allylic oxidation sites excluding steroid dienone is 1.